The Kier molecular flexibility index (Phi) is 5.53. The molecule has 2 atom stereocenters. The summed E-state index contributed by atoms with van der Waals surface area (Å²) in [6.45, 7) is 3.74. The number of nitrogens with zero attached hydrogens (tertiary/aromatic N) is 1. The third-order valence-electron chi connectivity index (χ3n) is 2.42. The highest BCUT2D eigenvalue weighted by molar-refractivity contribution is 4.94. The van der Waals surface area contributed by atoms with Crippen LogP contribution in [0.15, 0.2) is 0 Å². The summed E-state index contributed by atoms with van der Waals surface area (Å²) >= 11 is 0. The van der Waals surface area contributed by atoms with Gasteiger partial charge >= 0.3 is 0 Å². The Morgan fingerprint density at radius 1 is 1.57 bits per heavy atom. The van der Waals surface area contributed by atoms with Gasteiger partial charge in [-0.3, -0.25) is 0 Å². The first-order valence-electron chi connectivity index (χ1n) is 5.37. The van der Waals surface area contributed by atoms with Crippen molar-refractivity contribution in [2.24, 2.45) is 0 Å². The van der Waals surface area contributed by atoms with E-state index in [0.717, 1.165) is 38.8 Å². The van der Waals surface area contributed by atoms with Crippen LogP contribution in [0.2, 0.25) is 0 Å². The van der Waals surface area contributed by atoms with E-state index in [9.17, 15) is 0 Å². The van der Waals surface area contributed by atoms with Crippen molar-refractivity contribution in [2.45, 2.75) is 44.7 Å². The van der Waals surface area contributed by atoms with Crippen LogP contribution in [-0.2, 0) is 4.84 Å². The number of hydrogen-bond donors (Lipinski definition) is 2. The van der Waals surface area contributed by atoms with Crippen molar-refractivity contribution in [1.82, 2.24) is 10.8 Å². The zero-order valence-electron chi connectivity index (χ0n) is 8.75. The molecule has 0 radical (unpaired) electrons. The Balaban J connectivity index is 2.02. The molecular formula is C10H19N3O. The number of hydrogen-bond acceptors (Lipinski definition) is 4. The number of hydroxylamine groups is 1. The van der Waals surface area contributed by atoms with Gasteiger partial charge in [-0.15, -0.1) is 0 Å². The zero-order chi connectivity index (χ0) is 10.2. The second-order valence-electron chi connectivity index (χ2n) is 3.68. The Hall–Kier alpha value is -0.630. The molecule has 0 aromatic rings. The summed E-state index contributed by atoms with van der Waals surface area (Å²) in [5.41, 5.74) is 3.03. The maximum Gasteiger partial charge on any atom is 0.0954 e. The molecule has 0 saturated carbocycles. The van der Waals surface area contributed by atoms with Gasteiger partial charge < -0.3 is 10.2 Å². The second kappa shape index (κ2) is 6.77. The fourth-order valence-corrected chi connectivity index (χ4v) is 1.46. The molecule has 14 heavy (non-hydrogen) atoms. The van der Waals surface area contributed by atoms with Gasteiger partial charge in [0.2, 0.25) is 0 Å². The summed E-state index contributed by atoms with van der Waals surface area (Å²) in [5, 5.41) is 11.8. The zero-order valence-corrected chi connectivity index (χ0v) is 8.75. The van der Waals surface area contributed by atoms with Crippen LogP contribution in [0.25, 0.3) is 0 Å². The summed E-state index contributed by atoms with van der Waals surface area (Å²) in [7, 11) is 0. The van der Waals surface area contributed by atoms with E-state index in [0.29, 0.717) is 6.04 Å². The minimum atomic E-state index is 0.0312. The first-order valence-corrected chi connectivity index (χ1v) is 5.37. The highest BCUT2D eigenvalue weighted by Crippen LogP contribution is 2.07. The lowest BCUT2D eigenvalue weighted by Crippen LogP contribution is -2.47. The van der Waals surface area contributed by atoms with Gasteiger partial charge in [0, 0.05) is 12.6 Å². The molecule has 80 valence electrons. The molecule has 1 heterocycles. The molecule has 0 aromatic carbocycles. The SMILES string of the molecule is CCCCONC1CC[C@@H](C#N)NC1. The fraction of sp³-hybridized carbons (Fsp3) is 0.900. The van der Waals surface area contributed by atoms with Gasteiger partial charge in [-0.2, -0.15) is 10.7 Å². The van der Waals surface area contributed by atoms with Crippen molar-refractivity contribution in [3.05, 3.63) is 0 Å². The van der Waals surface area contributed by atoms with Crippen molar-refractivity contribution in [2.75, 3.05) is 13.2 Å². The van der Waals surface area contributed by atoms with Crippen LogP contribution in [0.1, 0.15) is 32.6 Å². The van der Waals surface area contributed by atoms with Crippen molar-refractivity contribution in [3.8, 4) is 6.07 Å². The van der Waals surface area contributed by atoms with Crippen LogP contribution >= 0.6 is 0 Å². The van der Waals surface area contributed by atoms with Crippen LogP contribution in [0.5, 0.6) is 0 Å². The standard InChI is InChI=1S/C10H19N3O/c1-2-3-6-14-13-10-5-4-9(7-11)12-8-10/h9-10,12-13H,2-6,8H2,1H3/t9-,10?/m0/s1. The van der Waals surface area contributed by atoms with Crippen LogP contribution in [-0.4, -0.2) is 25.2 Å². The third-order valence-corrected chi connectivity index (χ3v) is 2.42. The molecule has 0 amide bonds. The van der Waals surface area contributed by atoms with Crippen LogP contribution in [0.4, 0.5) is 0 Å². The van der Waals surface area contributed by atoms with Gasteiger partial charge in [0.25, 0.3) is 0 Å². The van der Waals surface area contributed by atoms with Crippen LogP contribution in [0, 0.1) is 11.3 Å². The first-order chi connectivity index (χ1) is 6.86. The van der Waals surface area contributed by atoms with Crippen molar-refractivity contribution >= 4 is 0 Å². The molecule has 0 aromatic heterocycles. The predicted molar refractivity (Wildman–Crippen MR) is 54.4 cm³/mol. The average Bonchev–Trinajstić information content (AvgIpc) is 2.25. The molecule has 1 aliphatic rings. The number of rotatable bonds is 5. The van der Waals surface area contributed by atoms with Crippen molar-refractivity contribution in [3.63, 3.8) is 0 Å². The highest BCUT2D eigenvalue weighted by Gasteiger charge is 2.19. The largest absolute Gasteiger partial charge is 0.301 e. The lowest BCUT2D eigenvalue weighted by molar-refractivity contribution is 0.00770. The first kappa shape index (κ1) is 11.4. The molecule has 0 aliphatic carbocycles. The van der Waals surface area contributed by atoms with Gasteiger partial charge in [-0.25, -0.2) is 0 Å². The van der Waals surface area contributed by atoms with Gasteiger partial charge in [-0.05, 0) is 19.3 Å². The maximum absolute atomic E-state index is 8.66. The molecule has 1 fully saturated rings. The van der Waals surface area contributed by atoms with Gasteiger partial charge in [-0.1, -0.05) is 13.3 Å². The number of unbranched alkanes of at least 4 members (excludes halogenated alkanes) is 1. The monoisotopic (exact) mass is 197 g/mol. The lowest BCUT2D eigenvalue weighted by atomic mass is 10.0. The van der Waals surface area contributed by atoms with Gasteiger partial charge in [0.05, 0.1) is 18.7 Å². The van der Waals surface area contributed by atoms with E-state index < -0.39 is 0 Å². The normalized spacial score (nSPS) is 27.1. The summed E-state index contributed by atoms with van der Waals surface area (Å²) in [5.74, 6) is 0. The second-order valence-corrected chi connectivity index (χ2v) is 3.68. The molecule has 2 N–H and O–H groups in total. The van der Waals surface area contributed by atoms with E-state index in [1.807, 2.05) is 0 Å². The Morgan fingerprint density at radius 3 is 3.00 bits per heavy atom. The lowest BCUT2D eigenvalue weighted by Gasteiger charge is -2.26. The summed E-state index contributed by atoms with van der Waals surface area (Å²) in [6.07, 6.45) is 4.16. The predicted octanol–water partition coefficient (Wildman–Crippen LogP) is 0.952. The smallest absolute Gasteiger partial charge is 0.0954 e. The minimum Gasteiger partial charge on any atom is -0.301 e. The molecular weight excluding hydrogens is 178 g/mol. The molecule has 1 unspecified atom stereocenters. The molecule has 0 bridgehead atoms. The van der Waals surface area contributed by atoms with E-state index in [-0.39, 0.29) is 6.04 Å². The molecule has 1 aliphatic heterocycles. The Labute approximate surface area is 85.6 Å². The third kappa shape index (κ3) is 4.05. The van der Waals surface area contributed by atoms with Gasteiger partial charge in [0.15, 0.2) is 0 Å². The maximum atomic E-state index is 8.66. The topological polar surface area (TPSA) is 57.1 Å². The van der Waals surface area contributed by atoms with E-state index in [4.69, 9.17) is 10.1 Å². The summed E-state index contributed by atoms with van der Waals surface area (Å²) in [6, 6.07) is 2.61. The summed E-state index contributed by atoms with van der Waals surface area (Å²) < 4.78 is 0. The van der Waals surface area contributed by atoms with Crippen LogP contribution in [0.3, 0.4) is 0 Å². The number of piperidine rings is 1. The molecule has 0 spiro atoms. The Bertz CT molecular complexity index is 182. The van der Waals surface area contributed by atoms with E-state index in [2.05, 4.69) is 23.8 Å². The van der Waals surface area contributed by atoms with E-state index in [1.54, 1.807) is 0 Å². The fourth-order valence-electron chi connectivity index (χ4n) is 1.46. The minimum absolute atomic E-state index is 0.0312. The van der Waals surface area contributed by atoms with Crippen molar-refractivity contribution in [1.29, 1.82) is 5.26 Å². The Morgan fingerprint density at radius 2 is 2.43 bits per heavy atom. The van der Waals surface area contributed by atoms with E-state index >= 15 is 0 Å². The highest BCUT2D eigenvalue weighted by atomic mass is 16.6. The van der Waals surface area contributed by atoms with Crippen molar-refractivity contribution < 1.29 is 4.84 Å². The number of nitriles is 1. The van der Waals surface area contributed by atoms with Crippen LogP contribution < -0.4 is 10.8 Å². The quantitative estimate of drug-likeness (QED) is 0.509. The van der Waals surface area contributed by atoms with Gasteiger partial charge in [0.1, 0.15) is 0 Å². The van der Waals surface area contributed by atoms with E-state index in [1.165, 1.54) is 0 Å². The molecule has 4 nitrogen and oxygen atoms in total. The molecule has 4 heteroatoms. The summed E-state index contributed by atoms with van der Waals surface area (Å²) in [4.78, 5) is 5.31. The average molecular weight is 197 g/mol. The number of nitrogens with one attached hydrogen (secondary N) is 2. The molecule has 1 rings (SSSR count). The molecule has 1 saturated heterocycles.